The Morgan fingerprint density at radius 2 is 1.74 bits per heavy atom. The third kappa shape index (κ3) is 3.11. The first kappa shape index (κ1) is 17.4. The Hall–Kier alpha value is -3.05. The van der Waals surface area contributed by atoms with E-state index in [1.54, 1.807) is 22.8 Å². The van der Waals surface area contributed by atoms with Crippen LogP contribution in [0.5, 0.6) is 0 Å². The lowest BCUT2D eigenvalue weighted by atomic mass is 10.2. The van der Waals surface area contributed by atoms with Crippen LogP contribution < -0.4 is 10.9 Å². The van der Waals surface area contributed by atoms with Crippen LogP contribution in [0.2, 0.25) is 5.02 Å². The zero-order valence-corrected chi connectivity index (χ0v) is 15.5. The fourth-order valence-corrected chi connectivity index (χ4v) is 3.47. The standard InChI is InChI=1S/C21H18ClN3O2/c1-14-15(22)6-4-7-16(14)23-20(26)11-13-25-18-9-3-2-8-17(18)24-12-5-10-19(24)21(25)27/h2-10,12H,11,13H2,1H3,(H,23,26). The van der Waals surface area contributed by atoms with Crippen molar-refractivity contribution >= 4 is 39.7 Å². The topological polar surface area (TPSA) is 55.5 Å². The minimum atomic E-state index is -0.161. The van der Waals surface area contributed by atoms with Crippen molar-refractivity contribution in [3.05, 3.63) is 81.7 Å². The maximum Gasteiger partial charge on any atom is 0.275 e. The number of nitrogens with one attached hydrogen (secondary N) is 1. The van der Waals surface area contributed by atoms with E-state index >= 15 is 0 Å². The van der Waals surface area contributed by atoms with Gasteiger partial charge in [0.2, 0.25) is 5.91 Å². The number of hydrogen-bond donors (Lipinski definition) is 1. The Morgan fingerprint density at radius 1 is 1.00 bits per heavy atom. The quantitative estimate of drug-likeness (QED) is 0.576. The summed E-state index contributed by atoms with van der Waals surface area (Å²) in [5.41, 5.74) is 3.74. The SMILES string of the molecule is Cc1c(Cl)cccc1NC(=O)CCn1c(=O)c2cccn2c2ccccc21. The Morgan fingerprint density at radius 3 is 2.56 bits per heavy atom. The van der Waals surface area contributed by atoms with E-state index in [0.717, 1.165) is 16.6 Å². The summed E-state index contributed by atoms with van der Waals surface area (Å²) < 4.78 is 3.54. The van der Waals surface area contributed by atoms with E-state index < -0.39 is 0 Å². The first-order valence-electron chi connectivity index (χ1n) is 8.70. The molecule has 1 N–H and O–H groups in total. The molecule has 0 aliphatic heterocycles. The predicted octanol–water partition coefficient (Wildman–Crippen LogP) is 4.24. The second-order valence-electron chi connectivity index (χ2n) is 6.42. The molecule has 0 aliphatic carbocycles. The van der Waals surface area contributed by atoms with Crippen molar-refractivity contribution in [3.63, 3.8) is 0 Å². The van der Waals surface area contributed by atoms with Crippen molar-refractivity contribution < 1.29 is 4.79 Å². The number of nitrogens with zero attached hydrogens (tertiary/aromatic N) is 2. The fourth-order valence-electron chi connectivity index (χ4n) is 3.30. The molecule has 0 fully saturated rings. The van der Waals surface area contributed by atoms with Crippen molar-refractivity contribution in [2.75, 3.05) is 5.32 Å². The highest BCUT2D eigenvalue weighted by atomic mass is 35.5. The molecule has 0 radical (unpaired) electrons. The molecular weight excluding hydrogens is 362 g/mol. The molecule has 0 atom stereocenters. The highest BCUT2D eigenvalue weighted by molar-refractivity contribution is 6.31. The van der Waals surface area contributed by atoms with Gasteiger partial charge in [-0.1, -0.05) is 29.8 Å². The third-order valence-corrected chi connectivity index (χ3v) is 5.16. The minimum Gasteiger partial charge on any atom is -0.326 e. The summed E-state index contributed by atoms with van der Waals surface area (Å²) in [6.07, 6.45) is 2.06. The van der Waals surface area contributed by atoms with Gasteiger partial charge >= 0.3 is 0 Å². The molecule has 0 aliphatic rings. The van der Waals surface area contributed by atoms with Crippen LogP contribution in [0.1, 0.15) is 12.0 Å². The monoisotopic (exact) mass is 379 g/mol. The normalized spacial score (nSPS) is 11.2. The molecule has 6 heteroatoms. The highest BCUT2D eigenvalue weighted by Gasteiger charge is 2.12. The number of halogens is 1. The molecule has 136 valence electrons. The van der Waals surface area contributed by atoms with Crippen LogP contribution in [0, 0.1) is 6.92 Å². The van der Waals surface area contributed by atoms with Crippen LogP contribution in [0.15, 0.2) is 65.6 Å². The molecule has 0 bridgehead atoms. The van der Waals surface area contributed by atoms with E-state index in [2.05, 4.69) is 5.32 Å². The van der Waals surface area contributed by atoms with Crippen molar-refractivity contribution in [1.29, 1.82) is 0 Å². The molecule has 1 amide bonds. The van der Waals surface area contributed by atoms with Gasteiger partial charge in [0.15, 0.2) is 0 Å². The number of aryl methyl sites for hydroxylation is 1. The van der Waals surface area contributed by atoms with Crippen LogP contribution in [0.3, 0.4) is 0 Å². The molecule has 0 saturated carbocycles. The molecule has 2 aromatic carbocycles. The van der Waals surface area contributed by atoms with E-state index in [4.69, 9.17) is 11.6 Å². The number of fused-ring (bicyclic) bond motifs is 3. The maximum atomic E-state index is 12.9. The molecular formula is C21H18ClN3O2. The van der Waals surface area contributed by atoms with Gasteiger partial charge in [-0.2, -0.15) is 0 Å². The smallest absolute Gasteiger partial charge is 0.275 e. The summed E-state index contributed by atoms with van der Waals surface area (Å²) in [7, 11) is 0. The molecule has 0 saturated heterocycles. The van der Waals surface area contributed by atoms with Crippen molar-refractivity contribution in [1.82, 2.24) is 8.97 Å². The van der Waals surface area contributed by atoms with Gasteiger partial charge in [0.1, 0.15) is 5.52 Å². The molecule has 2 aromatic heterocycles. The van der Waals surface area contributed by atoms with E-state index in [-0.39, 0.29) is 17.9 Å². The summed E-state index contributed by atoms with van der Waals surface area (Å²) >= 11 is 6.10. The Labute approximate surface area is 160 Å². The Balaban J connectivity index is 1.63. The number of rotatable bonds is 4. The number of carbonyl (C=O) groups is 1. The largest absolute Gasteiger partial charge is 0.326 e. The van der Waals surface area contributed by atoms with Crippen molar-refractivity contribution in [3.8, 4) is 0 Å². The van der Waals surface area contributed by atoms with E-state index in [1.165, 1.54) is 0 Å². The lowest BCUT2D eigenvalue weighted by molar-refractivity contribution is -0.116. The number of aromatic nitrogens is 2. The molecule has 4 rings (SSSR count). The Kier molecular flexibility index (Phi) is 4.46. The van der Waals surface area contributed by atoms with Gasteiger partial charge in [-0.3, -0.25) is 9.59 Å². The highest BCUT2D eigenvalue weighted by Crippen LogP contribution is 2.23. The predicted molar refractivity (Wildman–Crippen MR) is 109 cm³/mol. The summed E-state index contributed by atoms with van der Waals surface area (Å²) in [6.45, 7) is 2.16. The fraction of sp³-hybridized carbons (Fsp3) is 0.143. The zero-order chi connectivity index (χ0) is 19.0. The van der Waals surface area contributed by atoms with Gasteiger partial charge in [-0.15, -0.1) is 0 Å². The summed E-state index contributed by atoms with van der Waals surface area (Å²) in [5, 5.41) is 3.48. The summed E-state index contributed by atoms with van der Waals surface area (Å²) in [6, 6.07) is 16.7. The van der Waals surface area contributed by atoms with Crippen LogP contribution in [0.25, 0.3) is 16.6 Å². The third-order valence-electron chi connectivity index (χ3n) is 4.75. The molecule has 5 nitrogen and oxygen atoms in total. The molecule has 0 unspecified atom stereocenters. The van der Waals surface area contributed by atoms with Crippen molar-refractivity contribution in [2.45, 2.75) is 19.9 Å². The van der Waals surface area contributed by atoms with E-state index in [1.807, 2.05) is 53.9 Å². The second-order valence-corrected chi connectivity index (χ2v) is 6.83. The number of para-hydroxylation sites is 2. The zero-order valence-electron chi connectivity index (χ0n) is 14.8. The van der Waals surface area contributed by atoms with Gasteiger partial charge in [-0.05, 0) is 48.9 Å². The Bertz CT molecular complexity index is 1220. The van der Waals surface area contributed by atoms with E-state index in [0.29, 0.717) is 22.8 Å². The maximum absolute atomic E-state index is 12.9. The number of amides is 1. The van der Waals surface area contributed by atoms with Gasteiger partial charge in [0.25, 0.3) is 5.56 Å². The first-order valence-corrected chi connectivity index (χ1v) is 9.07. The average molecular weight is 380 g/mol. The van der Waals surface area contributed by atoms with Crippen LogP contribution >= 0.6 is 11.6 Å². The number of benzene rings is 2. The lowest BCUT2D eigenvalue weighted by Gasteiger charge is -2.13. The molecule has 27 heavy (non-hydrogen) atoms. The van der Waals surface area contributed by atoms with Crippen LogP contribution in [0.4, 0.5) is 5.69 Å². The number of anilines is 1. The van der Waals surface area contributed by atoms with Crippen molar-refractivity contribution in [2.24, 2.45) is 0 Å². The summed E-state index contributed by atoms with van der Waals surface area (Å²) in [4.78, 5) is 25.3. The molecule has 0 spiro atoms. The molecule has 4 aromatic rings. The van der Waals surface area contributed by atoms with Crippen LogP contribution in [-0.2, 0) is 11.3 Å². The number of hydrogen-bond acceptors (Lipinski definition) is 2. The lowest BCUT2D eigenvalue weighted by Crippen LogP contribution is -2.25. The van der Waals surface area contributed by atoms with Crippen LogP contribution in [-0.4, -0.2) is 14.9 Å². The van der Waals surface area contributed by atoms with Gasteiger partial charge in [-0.25, -0.2) is 0 Å². The average Bonchev–Trinajstić information content (AvgIpc) is 3.16. The molecule has 2 heterocycles. The minimum absolute atomic E-state index is 0.106. The van der Waals surface area contributed by atoms with E-state index in [9.17, 15) is 9.59 Å². The first-order chi connectivity index (χ1) is 13.1. The van der Waals surface area contributed by atoms with Gasteiger partial charge in [0.05, 0.1) is 11.0 Å². The van der Waals surface area contributed by atoms with Gasteiger partial charge < -0.3 is 14.3 Å². The number of carbonyl (C=O) groups excluding carboxylic acids is 1. The van der Waals surface area contributed by atoms with Gasteiger partial charge in [0, 0.05) is 29.9 Å². The summed E-state index contributed by atoms with van der Waals surface area (Å²) in [5.74, 6) is -0.161. The second kappa shape index (κ2) is 6.93.